The zero-order valence-corrected chi connectivity index (χ0v) is 17.1. The van der Waals surface area contributed by atoms with Crippen molar-refractivity contribution in [1.82, 2.24) is 10.2 Å². The maximum absolute atomic E-state index is 12.8. The Morgan fingerprint density at radius 3 is 2.63 bits per heavy atom. The van der Waals surface area contributed by atoms with Crippen molar-refractivity contribution in [1.29, 1.82) is 0 Å². The first-order chi connectivity index (χ1) is 14.6. The number of hydrogen-bond donors (Lipinski definition) is 2. The molecule has 0 spiro atoms. The third-order valence-corrected chi connectivity index (χ3v) is 4.36. The highest BCUT2D eigenvalue weighted by molar-refractivity contribution is 6.04. The van der Waals surface area contributed by atoms with E-state index in [2.05, 4.69) is 22.4 Å². The SMILES string of the molecule is CCCCOc1ccc(C(=O)Nc2cccc(-c3ccc(=O)[nH]n3)c2)cc1OCC. The minimum Gasteiger partial charge on any atom is -0.490 e. The van der Waals surface area contributed by atoms with E-state index in [0.29, 0.717) is 41.7 Å². The van der Waals surface area contributed by atoms with Gasteiger partial charge in [0, 0.05) is 22.9 Å². The fourth-order valence-electron chi connectivity index (χ4n) is 2.83. The molecule has 1 amide bonds. The molecule has 0 radical (unpaired) electrons. The van der Waals surface area contributed by atoms with Crippen LogP contribution in [0.25, 0.3) is 11.3 Å². The predicted molar refractivity (Wildman–Crippen MR) is 116 cm³/mol. The van der Waals surface area contributed by atoms with Gasteiger partial charge in [-0.05, 0) is 49.7 Å². The molecule has 0 saturated heterocycles. The van der Waals surface area contributed by atoms with E-state index in [1.165, 1.54) is 6.07 Å². The smallest absolute Gasteiger partial charge is 0.264 e. The van der Waals surface area contributed by atoms with Gasteiger partial charge in [-0.3, -0.25) is 9.59 Å². The summed E-state index contributed by atoms with van der Waals surface area (Å²) in [6, 6.07) is 15.5. The summed E-state index contributed by atoms with van der Waals surface area (Å²) < 4.78 is 11.4. The molecule has 0 saturated carbocycles. The Morgan fingerprint density at radius 1 is 1.03 bits per heavy atom. The van der Waals surface area contributed by atoms with E-state index in [0.717, 1.165) is 18.4 Å². The second-order valence-corrected chi connectivity index (χ2v) is 6.64. The number of carbonyl (C=O) groups is 1. The number of aromatic nitrogens is 2. The number of hydrogen-bond acceptors (Lipinski definition) is 5. The van der Waals surface area contributed by atoms with E-state index in [1.54, 1.807) is 36.4 Å². The van der Waals surface area contributed by atoms with Crippen LogP contribution in [0.5, 0.6) is 11.5 Å². The van der Waals surface area contributed by atoms with Crippen LogP contribution in [0.3, 0.4) is 0 Å². The van der Waals surface area contributed by atoms with E-state index < -0.39 is 0 Å². The molecular formula is C23H25N3O4. The summed E-state index contributed by atoms with van der Waals surface area (Å²) in [7, 11) is 0. The molecule has 0 aliphatic carbocycles. The van der Waals surface area contributed by atoms with Gasteiger partial charge in [0.25, 0.3) is 11.5 Å². The molecule has 0 unspecified atom stereocenters. The number of amides is 1. The fourth-order valence-corrected chi connectivity index (χ4v) is 2.83. The Kier molecular flexibility index (Phi) is 7.21. The quantitative estimate of drug-likeness (QED) is 0.517. The zero-order chi connectivity index (χ0) is 21.3. The number of carbonyl (C=O) groups excluding carboxylic acids is 1. The Hall–Kier alpha value is -3.61. The monoisotopic (exact) mass is 407 g/mol. The lowest BCUT2D eigenvalue weighted by molar-refractivity contribution is 0.102. The normalized spacial score (nSPS) is 10.5. The van der Waals surface area contributed by atoms with Gasteiger partial charge in [0.05, 0.1) is 18.9 Å². The number of ether oxygens (including phenoxy) is 2. The lowest BCUT2D eigenvalue weighted by Crippen LogP contribution is -2.12. The van der Waals surface area contributed by atoms with Gasteiger partial charge in [0.15, 0.2) is 11.5 Å². The Morgan fingerprint density at radius 2 is 1.90 bits per heavy atom. The van der Waals surface area contributed by atoms with Crippen LogP contribution in [0.1, 0.15) is 37.0 Å². The average molecular weight is 407 g/mol. The molecule has 0 fully saturated rings. The first-order valence-corrected chi connectivity index (χ1v) is 9.98. The highest BCUT2D eigenvalue weighted by Gasteiger charge is 2.12. The van der Waals surface area contributed by atoms with Crippen molar-refractivity contribution in [3.8, 4) is 22.8 Å². The lowest BCUT2D eigenvalue weighted by atomic mass is 10.1. The Labute approximate surface area is 175 Å². The molecule has 3 aromatic rings. The van der Waals surface area contributed by atoms with Gasteiger partial charge in [0.1, 0.15) is 0 Å². The van der Waals surface area contributed by atoms with Crippen molar-refractivity contribution < 1.29 is 14.3 Å². The summed E-state index contributed by atoms with van der Waals surface area (Å²) in [5.74, 6) is 0.920. The van der Waals surface area contributed by atoms with Crippen LogP contribution < -0.4 is 20.3 Å². The third-order valence-electron chi connectivity index (χ3n) is 4.36. The molecule has 0 bridgehead atoms. The zero-order valence-electron chi connectivity index (χ0n) is 17.1. The van der Waals surface area contributed by atoms with Gasteiger partial charge in [0.2, 0.25) is 0 Å². The molecule has 7 heteroatoms. The number of benzene rings is 2. The number of unbranched alkanes of at least 4 members (excludes halogenated alkanes) is 1. The fraction of sp³-hybridized carbons (Fsp3) is 0.261. The molecule has 30 heavy (non-hydrogen) atoms. The van der Waals surface area contributed by atoms with Gasteiger partial charge in [-0.1, -0.05) is 25.5 Å². The first kappa shape index (κ1) is 21.1. The summed E-state index contributed by atoms with van der Waals surface area (Å²) in [6.07, 6.45) is 1.99. The number of nitrogens with one attached hydrogen (secondary N) is 2. The molecule has 156 valence electrons. The molecule has 2 N–H and O–H groups in total. The van der Waals surface area contributed by atoms with E-state index >= 15 is 0 Å². The lowest BCUT2D eigenvalue weighted by Gasteiger charge is -2.13. The van der Waals surface area contributed by atoms with Crippen molar-refractivity contribution in [2.75, 3.05) is 18.5 Å². The second-order valence-electron chi connectivity index (χ2n) is 6.64. The van der Waals surface area contributed by atoms with Crippen LogP contribution in [-0.4, -0.2) is 29.3 Å². The van der Waals surface area contributed by atoms with Gasteiger partial charge >= 0.3 is 0 Å². The van der Waals surface area contributed by atoms with E-state index in [1.807, 2.05) is 19.1 Å². The van der Waals surface area contributed by atoms with Crippen LogP contribution >= 0.6 is 0 Å². The molecular weight excluding hydrogens is 382 g/mol. The summed E-state index contributed by atoms with van der Waals surface area (Å²) in [5.41, 5.74) is 2.20. The van der Waals surface area contributed by atoms with Crippen LogP contribution in [0, 0.1) is 0 Å². The highest BCUT2D eigenvalue weighted by atomic mass is 16.5. The van der Waals surface area contributed by atoms with Crippen molar-refractivity contribution in [3.05, 3.63) is 70.5 Å². The third kappa shape index (κ3) is 5.47. The van der Waals surface area contributed by atoms with Crippen LogP contribution in [0.2, 0.25) is 0 Å². The number of H-pyrrole nitrogens is 1. The minimum absolute atomic E-state index is 0.261. The summed E-state index contributed by atoms with van der Waals surface area (Å²) in [6.45, 7) is 5.07. The van der Waals surface area contributed by atoms with E-state index in [-0.39, 0.29) is 11.5 Å². The highest BCUT2D eigenvalue weighted by Crippen LogP contribution is 2.29. The number of nitrogens with zero attached hydrogens (tertiary/aromatic N) is 1. The molecule has 2 aromatic carbocycles. The van der Waals surface area contributed by atoms with Gasteiger partial charge in [-0.2, -0.15) is 5.10 Å². The first-order valence-electron chi connectivity index (χ1n) is 9.98. The minimum atomic E-state index is -0.268. The predicted octanol–water partition coefficient (Wildman–Crippen LogP) is 4.27. The number of rotatable bonds is 9. The molecule has 7 nitrogen and oxygen atoms in total. The molecule has 3 rings (SSSR count). The summed E-state index contributed by atoms with van der Waals surface area (Å²) in [5, 5.41) is 9.31. The summed E-state index contributed by atoms with van der Waals surface area (Å²) in [4.78, 5) is 24.0. The molecule has 0 atom stereocenters. The second kappa shape index (κ2) is 10.2. The number of aromatic amines is 1. The van der Waals surface area contributed by atoms with Crippen LogP contribution in [0.4, 0.5) is 5.69 Å². The Bertz CT molecular complexity index is 1040. The van der Waals surface area contributed by atoms with E-state index in [9.17, 15) is 9.59 Å². The van der Waals surface area contributed by atoms with Gasteiger partial charge in [-0.25, -0.2) is 5.10 Å². The van der Waals surface area contributed by atoms with E-state index in [4.69, 9.17) is 9.47 Å². The van der Waals surface area contributed by atoms with Crippen LogP contribution in [-0.2, 0) is 0 Å². The Balaban J connectivity index is 1.76. The molecule has 1 heterocycles. The van der Waals surface area contributed by atoms with Gasteiger partial charge < -0.3 is 14.8 Å². The topological polar surface area (TPSA) is 93.3 Å². The molecule has 0 aliphatic heterocycles. The maximum Gasteiger partial charge on any atom is 0.264 e. The molecule has 0 aliphatic rings. The van der Waals surface area contributed by atoms with Gasteiger partial charge in [-0.15, -0.1) is 0 Å². The van der Waals surface area contributed by atoms with Crippen molar-refractivity contribution in [2.24, 2.45) is 0 Å². The van der Waals surface area contributed by atoms with Crippen LogP contribution in [0.15, 0.2) is 59.4 Å². The van der Waals surface area contributed by atoms with Crippen molar-refractivity contribution in [3.63, 3.8) is 0 Å². The van der Waals surface area contributed by atoms with Crippen molar-refractivity contribution in [2.45, 2.75) is 26.7 Å². The van der Waals surface area contributed by atoms with Crippen molar-refractivity contribution >= 4 is 11.6 Å². The standard InChI is InChI=1S/C23H25N3O4/c1-3-5-13-30-20-11-9-17(15-21(20)29-4-2)23(28)24-18-8-6-7-16(14-18)19-10-12-22(27)26-25-19/h6-12,14-15H,3-5,13H2,1-2H3,(H,24,28)(H,26,27). The summed E-state index contributed by atoms with van der Waals surface area (Å²) >= 11 is 0. The molecule has 1 aromatic heterocycles. The number of anilines is 1. The largest absolute Gasteiger partial charge is 0.490 e. The maximum atomic E-state index is 12.8. The average Bonchev–Trinajstić information content (AvgIpc) is 2.76.